The third-order valence-electron chi connectivity index (χ3n) is 4.92. The highest BCUT2D eigenvalue weighted by Crippen LogP contribution is 2.06. The van der Waals surface area contributed by atoms with E-state index in [9.17, 15) is 38.7 Å². The second-order valence-corrected chi connectivity index (χ2v) is 8.02. The molecule has 0 aromatic rings. The highest BCUT2D eigenvalue weighted by molar-refractivity contribution is 5.96. The molecule has 16 heteroatoms. The Balaban J connectivity index is 5.53. The average molecular weight is 518 g/mol. The molecule has 36 heavy (non-hydrogen) atoms. The molecule has 0 spiro atoms. The maximum Gasteiger partial charge on any atom is 0.326 e. The molecule has 4 unspecified atom stereocenters. The Morgan fingerprint density at radius 3 is 1.72 bits per heavy atom. The van der Waals surface area contributed by atoms with Crippen LogP contribution < -0.4 is 38.9 Å². The van der Waals surface area contributed by atoms with E-state index in [0.29, 0.717) is 19.4 Å². The molecule has 0 aliphatic carbocycles. The molecule has 0 aromatic heterocycles. The lowest BCUT2D eigenvalue weighted by Gasteiger charge is -2.24. The van der Waals surface area contributed by atoms with Crippen LogP contribution in [-0.2, 0) is 33.6 Å². The fourth-order valence-corrected chi connectivity index (χ4v) is 2.95. The summed E-state index contributed by atoms with van der Waals surface area (Å²) in [5.41, 5.74) is 21.2. The van der Waals surface area contributed by atoms with Crippen molar-refractivity contribution < 1.29 is 43.8 Å². The number of hydrogen-bond acceptors (Lipinski definition) is 9. The summed E-state index contributed by atoms with van der Waals surface area (Å²) in [6.07, 6.45) is -1.08. The zero-order valence-corrected chi connectivity index (χ0v) is 19.7. The van der Waals surface area contributed by atoms with Crippen LogP contribution in [-0.4, -0.2) is 82.4 Å². The molecule has 0 bridgehead atoms. The Morgan fingerprint density at radius 1 is 0.667 bits per heavy atom. The van der Waals surface area contributed by atoms with Crippen molar-refractivity contribution in [2.75, 3.05) is 6.54 Å². The lowest BCUT2D eigenvalue weighted by Crippen LogP contribution is -2.57. The number of rotatable bonds is 19. The highest BCUT2D eigenvalue weighted by Gasteiger charge is 2.31. The second-order valence-electron chi connectivity index (χ2n) is 8.02. The Kier molecular flexibility index (Phi) is 15.0. The molecule has 0 heterocycles. The second kappa shape index (κ2) is 16.8. The van der Waals surface area contributed by atoms with Gasteiger partial charge in [-0.3, -0.25) is 28.8 Å². The van der Waals surface area contributed by atoms with Gasteiger partial charge in [0.05, 0.1) is 12.5 Å². The zero-order chi connectivity index (χ0) is 27.8. The van der Waals surface area contributed by atoms with Crippen molar-refractivity contribution >= 4 is 41.5 Å². The van der Waals surface area contributed by atoms with Crippen LogP contribution in [0.4, 0.5) is 0 Å². The van der Waals surface area contributed by atoms with Gasteiger partial charge in [-0.2, -0.15) is 0 Å². The third-order valence-corrected chi connectivity index (χ3v) is 4.92. The molecule has 204 valence electrons. The molecule has 0 aliphatic rings. The normalized spacial score (nSPS) is 13.9. The van der Waals surface area contributed by atoms with Gasteiger partial charge in [-0.15, -0.1) is 0 Å². The van der Waals surface area contributed by atoms with Crippen LogP contribution in [0.15, 0.2) is 0 Å². The molecule has 16 nitrogen and oxygen atoms in total. The third kappa shape index (κ3) is 13.8. The van der Waals surface area contributed by atoms with Crippen molar-refractivity contribution in [3.05, 3.63) is 0 Å². The van der Waals surface area contributed by atoms with Gasteiger partial charge in [0.1, 0.15) is 18.1 Å². The number of primary amides is 2. The van der Waals surface area contributed by atoms with E-state index >= 15 is 0 Å². The molecule has 0 aliphatic heterocycles. The number of amides is 5. The van der Waals surface area contributed by atoms with Crippen molar-refractivity contribution in [3.63, 3.8) is 0 Å². The predicted octanol–water partition coefficient (Wildman–Crippen LogP) is -4.01. The van der Waals surface area contributed by atoms with Crippen LogP contribution in [0, 0.1) is 0 Å². The van der Waals surface area contributed by atoms with Gasteiger partial charge in [0.15, 0.2) is 0 Å². The van der Waals surface area contributed by atoms with E-state index in [0.717, 1.165) is 0 Å². The summed E-state index contributed by atoms with van der Waals surface area (Å²) in [4.78, 5) is 82.6. The molecule has 0 aromatic carbocycles. The number of hydrogen-bond donors (Lipinski definition) is 9. The van der Waals surface area contributed by atoms with E-state index in [1.165, 1.54) is 0 Å². The molecule has 13 N–H and O–H groups in total. The van der Waals surface area contributed by atoms with E-state index in [4.69, 9.17) is 28.0 Å². The molecular formula is C20H35N7O9. The first-order valence-corrected chi connectivity index (χ1v) is 11.2. The number of carboxylic acids is 2. The van der Waals surface area contributed by atoms with Crippen molar-refractivity contribution in [3.8, 4) is 0 Å². The first-order valence-electron chi connectivity index (χ1n) is 11.2. The molecule has 4 atom stereocenters. The van der Waals surface area contributed by atoms with Gasteiger partial charge in [-0.25, -0.2) is 4.79 Å². The molecule has 5 amide bonds. The van der Waals surface area contributed by atoms with E-state index in [-0.39, 0.29) is 19.3 Å². The van der Waals surface area contributed by atoms with Crippen LogP contribution in [0.3, 0.4) is 0 Å². The van der Waals surface area contributed by atoms with Crippen LogP contribution >= 0.6 is 0 Å². The predicted molar refractivity (Wildman–Crippen MR) is 123 cm³/mol. The zero-order valence-electron chi connectivity index (χ0n) is 19.7. The fraction of sp³-hybridized carbons (Fsp3) is 0.650. The first-order chi connectivity index (χ1) is 16.8. The Hall–Kier alpha value is -3.79. The average Bonchev–Trinajstić information content (AvgIpc) is 2.78. The largest absolute Gasteiger partial charge is 0.481 e. The molecule has 0 rings (SSSR count). The molecular weight excluding hydrogens is 482 g/mol. The minimum atomic E-state index is -1.59. The summed E-state index contributed by atoms with van der Waals surface area (Å²) in [5, 5.41) is 25.0. The van der Waals surface area contributed by atoms with Crippen LogP contribution in [0.1, 0.15) is 51.4 Å². The molecule has 0 saturated heterocycles. The minimum absolute atomic E-state index is 0.0431. The Morgan fingerprint density at radius 2 is 1.22 bits per heavy atom. The number of carboxylic acid groups (broad SMARTS) is 2. The van der Waals surface area contributed by atoms with Crippen LogP contribution in [0.25, 0.3) is 0 Å². The number of carbonyl (C=O) groups is 7. The summed E-state index contributed by atoms with van der Waals surface area (Å²) >= 11 is 0. The van der Waals surface area contributed by atoms with Crippen molar-refractivity contribution in [2.24, 2.45) is 22.9 Å². The quantitative estimate of drug-likeness (QED) is 0.0743. The van der Waals surface area contributed by atoms with Gasteiger partial charge in [0, 0.05) is 12.8 Å². The first kappa shape index (κ1) is 32.2. The number of carbonyl (C=O) groups excluding carboxylic acids is 5. The standard InChI is InChI=1S/C20H35N7O9/c21-8-2-1-3-12(20(35)36)26-18(33)11(5-7-16(30)31)25-19(34)13(9-15(24)29)27-17(32)10(22)4-6-14(23)28/h10-13H,1-9,21-22H2,(H2,23,28)(H2,24,29)(H,25,34)(H,26,33)(H,27,32)(H,30,31)(H,35,36). The highest BCUT2D eigenvalue weighted by atomic mass is 16.4. The van der Waals surface area contributed by atoms with Crippen LogP contribution in [0.2, 0.25) is 0 Å². The lowest BCUT2D eigenvalue weighted by molar-refractivity contribution is -0.143. The van der Waals surface area contributed by atoms with Gasteiger partial charge in [0.2, 0.25) is 29.5 Å². The maximum atomic E-state index is 12.8. The number of nitrogens with two attached hydrogens (primary N) is 4. The van der Waals surface area contributed by atoms with Gasteiger partial charge >= 0.3 is 11.9 Å². The van der Waals surface area contributed by atoms with E-state index in [1.807, 2.05) is 0 Å². The van der Waals surface area contributed by atoms with Gasteiger partial charge in [0.25, 0.3) is 0 Å². The van der Waals surface area contributed by atoms with Gasteiger partial charge in [-0.1, -0.05) is 0 Å². The van der Waals surface area contributed by atoms with Crippen molar-refractivity contribution in [1.82, 2.24) is 16.0 Å². The topological polar surface area (TPSA) is 300 Å². The summed E-state index contributed by atoms with van der Waals surface area (Å²) in [6, 6.07) is -5.68. The van der Waals surface area contributed by atoms with E-state index in [1.54, 1.807) is 0 Å². The van der Waals surface area contributed by atoms with Gasteiger partial charge < -0.3 is 49.1 Å². The van der Waals surface area contributed by atoms with Crippen molar-refractivity contribution in [2.45, 2.75) is 75.5 Å². The monoisotopic (exact) mass is 517 g/mol. The minimum Gasteiger partial charge on any atom is -0.481 e. The van der Waals surface area contributed by atoms with E-state index < -0.39 is 84.9 Å². The van der Waals surface area contributed by atoms with Crippen molar-refractivity contribution in [1.29, 1.82) is 0 Å². The number of unbranched alkanes of at least 4 members (excludes halogenated alkanes) is 1. The fourth-order valence-electron chi connectivity index (χ4n) is 2.95. The maximum absolute atomic E-state index is 12.8. The summed E-state index contributed by atoms with van der Waals surface area (Å²) in [6.45, 7) is 0.316. The summed E-state index contributed by atoms with van der Waals surface area (Å²) in [7, 11) is 0. The Labute approximate surface area is 206 Å². The van der Waals surface area contributed by atoms with Crippen LogP contribution in [0.5, 0.6) is 0 Å². The number of nitrogens with one attached hydrogen (secondary N) is 3. The smallest absolute Gasteiger partial charge is 0.326 e. The summed E-state index contributed by atoms with van der Waals surface area (Å²) < 4.78 is 0. The SMILES string of the molecule is NCCCCC(NC(=O)C(CCC(=O)O)NC(=O)C(CC(N)=O)NC(=O)C(N)CCC(N)=O)C(=O)O. The lowest BCUT2D eigenvalue weighted by atomic mass is 10.1. The molecule has 0 radical (unpaired) electrons. The van der Waals surface area contributed by atoms with Gasteiger partial charge in [-0.05, 0) is 38.6 Å². The Bertz CT molecular complexity index is 821. The summed E-state index contributed by atoms with van der Waals surface area (Å²) in [5.74, 6) is -7.28. The molecule has 0 fully saturated rings. The number of aliphatic carboxylic acids is 2. The van der Waals surface area contributed by atoms with E-state index in [2.05, 4.69) is 16.0 Å². The molecule has 0 saturated carbocycles.